The number of ether oxygens (including phenoxy) is 2. The molecule has 6 heteroatoms. The van der Waals surface area contributed by atoms with Gasteiger partial charge in [0.15, 0.2) is 5.78 Å². The van der Waals surface area contributed by atoms with Crippen LogP contribution in [-0.4, -0.2) is 36.9 Å². The molecule has 1 aliphatic carbocycles. The highest BCUT2D eigenvalue weighted by atomic mass is 16.5. The van der Waals surface area contributed by atoms with Gasteiger partial charge in [0.25, 0.3) is 0 Å². The number of methoxy groups -OCH3 is 2. The average molecular weight is 382 g/mol. The quantitative estimate of drug-likeness (QED) is 0.497. The fraction of sp³-hybridized carbons (Fsp3) is 0.318. The van der Waals surface area contributed by atoms with Crippen molar-refractivity contribution >= 4 is 17.5 Å². The van der Waals surface area contributed by atoms with Gasteiger partial charge in [-0.3, -0.25) is 14.4 Å². The molecule has 0 spiro atoms. The van der Waals surface area contributed by atoms with Crippen LogP contribution in [0, 0.1) is 0 Å². The van der Waals surface area contributed by atoms with Crippen molar-refractivity contribution < 1.29 is 29.0 Å². The fourth-order valence-electron chi connectivity index (χ4n) is 3.51. The van der Waals surface area contributed by atoms with E-state index >= 15 is 0 Å². The SMILES string of the molecule is COC(=O)CCCCCc1ccc2c(c1O)C(=O)c1c(OC)cccc1C2=O. The molecule has 146 valence electrons. The molecule has 0 bridgehead atoms. The number of rotatable bonds is 7. The number of unbranched alkanes of at least 4 members (excludes halogenated alkanes) is 2. The second kappa shape index (κ2) is 8.25. The first-order chi connectivity index (χ1) is 13.5. The van der Waals surface area contributed by atoms with Gasteiger partial charge in [0.05, 0.1) is 25.3 Å². The summed E-state index contributed by atoms with van der Waals surface area (Å²) in [7, 11) is 2.80. The summed E-state index contributed by atoms with van der Waals surface area (Å²) in [5.74, 6) is -0.793. The number of phenols is 1. The summed E-state index contributed by atoms with van der Waals surface area (Å²) < 4.78 is 9.85. The fourth-order valence-corrected chi connectivity index (χ4v) is 3.51. The Labute approximate surface area is 163 Å². The van der Waals surface area contributed by atoms with Crippen LogP contribution in [0.1, 0.15) is 63.1 Å². The highest BCUT2D eigenvalue weighted by Gasteiger charge is 2.35. The molecule has 0 aliphatic heterocycles. The number of carbonyl (C=O) groups excluding carboxylic acids is 3. The van der Waals surface area contributed by atoms with Gasteiger partial charge in [-0.25, -0.2) is 0 Å². The number of benzene rings is 2. The lowest BCUT2D eigenvalue weighted by Crippen LogP contribution is -2.22. The molecule has 1 N–H and O–H groups in total. The zero-order valence-corrected chi connectivity index (χ0v) is 15.9. The van der Waals surface area contributed by atoms with E-state index in [-0.39, 0.29) is 39.8 Å². The van der Waals surface area contributed by atoms with E-state index in [2.05, 4.69) is 4.74 Å². The molecule has 0 atom stereocenters. The lowest BCUT2D eigenvalue weighted by molar-refractivity contribution is -0.140. The van der Waals surface area contributed by atoms with Gasteiger partial charge in [0, 0.05) is 17.5 Å². The molecule has 0 radical (unpaired) electrons. The predicted octanol–water partition coefficient (Wildman–Crippen LogP) is 3.45. The van der Waals surface area contributed by atoms with Gasteiger partial charge in [-0.2, -0.15) is 0 Å². The van der Waals surface area contributed by atoms with Crippen LogP contribution in [-0.2, 0) is 16.0 Å². The molecule has 0 heterocycles. The molecule has 6 nitrogen and oxygen atoms in total. The van der Waals surface area contributed by atoms with Gasteiger partial charge in [0.1, 0.15) is 11.5 Å². The third-order valence-electron chi connectivity index (χ3n) is 5.01. The summed E-state index contributed by atoms with van der Waals surface area (Å²) in [6, 6.07) is 8.16. The molecule has 3 rings (SSSR count). The smallest absolute Gasteiger partial charge is 0.305 e. The van der Waals surface area contributed by atoms with Crippen molar-refractivity contribution in [1.29, 1.82) is 0 Å². The number of hydrogen-bond donors (Lipinski definition) is 1. The second-order valence-corrected chi connectivity index (χ2v) is 6.67. The third-order valence-corrected chi connectivity index (χ3v) is 5.01. The zero-order chi connectivity index (χ0) is 20.3. The first-order valence-electron chi connectivity index (χ1n) is 9.17. The van der Waals surface area contributed by atoms with Gasteiger partial charge in [0.2, 0.25) is 5.78 Å². The lowest BCUT2D eigenvalue weighted by Gasteiger charge is -2.21. The van der Waals surface area contributed by atoms with E-state index in [4.69, 9.17) is 4.74 Å². The summed E-state index contributed by atoms with van der Waals surface area (Å²) in [5.41, 5.74) is 1.32. The van der Waals surface area contributed by atoms with Crippen LogP contribution in [0.4, 0.5) is 0 Å². The Morgan fingerprint density at radius 2 is 1.68 bits per heavy atom. The Kier molecular flexibility index (Phi) is 5.78. The summed E-state index contributed by atoms with van der Waals surface area (Å²) in [5, 5.41) is 10.7. The Morgan fingerprint density at radius 1 is 0.929 bits per heavy atom. The topological polar surface area (TPSA) is 89.9 Å². The van der Waals surface area contributed by atoms with E-state index in [1.807, 2.05) is 0 Å². The van der Waals surface area contributed by atoms with Crippen molar-refractivity contribution in [3.05, 3.63) is 58.1 Å². The maximum Gasteiger partial charge on any atom is 0.305 e. The number of aromatic hydroxyl groups is 1. The molecule has 0 aromatic heterocycles. The van der Waals surface area contributed by atoms with Crippen molar-refractivity contribution in [3.63, 3.8) is 0 Å². The molecule has 0 unspecified atom stereocenters. The normalized spacial score (nSPS) is 12.4. The van der Waals surface area contributed by atoms with Crippen LogP contribution in [0.3, 0.4) is 0 Å². The second-order valence-electron chi connectivity index (χ2n) is 6.67. The molecule has 0 amide bonds. The zero-order valence-electron chi connectivity index (χ0n) is 15.9. The molecular formula is C22H22O6. The standard InChI is InChI=1S/C22H22O6/c1-27-16-9-6-8-14-18(16)22(26)19-15(21(14)25)12-11-13(20(19)24)7-4-3-5-10-17(23)28-2/h6,8-9,11-12,24H,3-5,7,10H2,1-2H3. The summed E-state index contributed by atoms with van der Waals surface area (Å²) in [4.78, 5) is 37.0. The van der Waals surface area contributed by atoms with Crippen LogP contribution in [0.5, 0.6) is 11.5 Å². The lowest BCUT2D eigenvalue weighted by atomic mass is 9.81. The molecule has 0 fully saturated rings. The number of esters is 1. The maximum absolute atomic E-state index is 13.0. The largest absolute Gasteiger partial charge is 0.507 e. The van der Waals surface area contributed by atoms with Crippen LogP contribution < -0.4 is 4.74 Å². The van der Waals surface area contributed by atoms with Crippen molar-refractivity contribution in [1.82, 2.24) is 0 Å². The molecule has 2 aromatic carbocycles. The first-order valence-corrected chi connectivity index (χ1v) is 9.17. The maximum atomic E-state index is 13.0. The Bertz CT molecular complexity index is 944. The highest BCUT2D eigenvalue weighted by molar-refractivity contribution is 6.30. The van der Waals surface area contributed by atoms with Crippen molar-refractivity contribution in [2.24, 2.45) is 0 Å². The molecule has 2 aromatic rings. The van der Waals surface area contributed by atoms with Crippen LogP contribution >= 0.6 is 0 Å². The third kappa shape index (κ3) is 3.50. The van der Waals surface area contributed by atoms with Crippen LogP contribution in [0.25, 0.3) is 0 Å². The van der Waals surface area contributed by atoms with Crippen molar-refractivity contribution in [3.8, 4) is 11.5 Å². The highest BCUT2D eigenvalue weighted by Crippen LogP contribution is 2.38. The van der Waals surface area contributed by atoms with E-state index in [0.717, 1.165) is 12.8 Å². The van der Waals surface area contributed by atoms with E-state index in [1.165, 1.54) is 14.2 Å². The van der Waals surface area contributed by atoms with Gasteiger partial charge in [-0.15, -0.1) is 0 Å². The summed E-state index contributed by atoms with van der Waals surface area (Å²) in [6.07, 6.45) is 3.12. The van der Waals surface area contributed by atoms with Gasteiger partial charge in [-0.05, 0) is 37.0 Å². The number of phenolic OH excluding ortho intramolecular Hbond substituents is 1. The number of ketones is 2. The minimum Gasteiger partial charge on any atom is -0.507 e. The Hall–Kier alpha value is -3.15. The molecule has 1 aliphatic rings. The average Bonchev–Trinajstić information content (AvgIpc) is 2.71. The summed E-state index contributed by atoms with van der Waals surface area (Å²) >= 11 is 0. The number of fused-ring (bicyclic) bond motifs is 2. The molecule has 0 saturated carbocycles. The summed E-state index contributed by atoms with van der Waals surface area (Å²) in [6.45, 7) is 0. The van der Waals surface area contributed by atoms with Crippen LogP contribution in [0.2, 0.25) is 0 Å². The number of hydrogen-bond acceptors (Lipinski definition) is 6. The number of aryl methyl sites for hydroxylation is 1. The molecule has 0 saturated heterocycles. The Balaban J connectivity index is 1.83. The minimum absolute atomic E-state index is 0.0362. The van der Waals surface area contributed by atoms with Crippen LogP contribution in [0.15, 0.2) is 30.3 Å². The molecule has 28 heavy (non-hydrogen) atoms. The number of carbonyl (C=O) groups is 3. The van der Waals surface area contributed by atoms with Gasteiger partial charge < -0.3 is 14.6 Å². The Morgan fingerprint density at radius 3 is 2.39 bits per heavy atom. The van der Waals surface area contributed by atoms with Gasteiger partial charge >= 0.3 is 5.97 Å². The van der Waals surface area contributed by atoms with E-state index in [9.17, 15) is 19.5 Å². The first kappa shape index (κ1) is 19.6. The van der Waals surface area contributed by atoms with Gasteiger partial charge in [-0.1, -0.05) is 24.6 Å². The van der Waals surface area contributed by atoms with E-state index < -0.39 is 5.78 Å². The minimum atomic E-state index is -0.410. The predicted molar refractivity (Wildman–Crippen MR) is 102 cm³/mol. The van der Waals surface area contributed by atoms with Crippen molar-refractivity contribution in [2.45, 2.75) is 32.1 Å². The van der Waals surface area contributed by atoms with E-state index in [0.29, 0.717) is 30.6 Å². The van der Waals surface area contributed by atoms with Crippen molar-refractivity contribution in [2.75, 3.05) is 14.2 Å². The molecular weight excluding hydrogens is 360 g/mol. The monoisotopic (exact) mass is 382 g/mol. The van der Waals surface area contributed by atoms with E-state index in [1.54, 1.807) is 30.3 Å².